The molecular weight excluding hydrogens is 831 g/mol. The van der Waals surface area contributed by atoms with Crippen LogP contribution in [0.5, 0.6) is 0 Å². The van der Waals surface area contributed by atoms with Gasteiger partial charge in [-0.25, -0.2) is 0 Å². The molecule has 4 aromatic carbocycles. The summed E-state index contributed by atoms with van der Waals surface area (Å²) in [5.41, 5.74) is 0.179. The fourth-order valence-electron chi connectivity index (χ4n) is 7.66. The maximum atomic E-state index is 14.2. The van der Waals surface area contributed by atoms with Crippen LogP contribution in [0.15, 0.2) is 81.0 Å². The first kappa shape index (κ1) is 43.0. The number of nitrogens with one attached hydrogen (secondary N) is 3. The van der Waals surface area contributed by atoms with Crippen molar-refractivity contribution in [2.75, 3.05) is 41.8 Å². The third-order valence-electron chi connectivity index (χ3n) is 10.8. The summed E-state index contributed by atoms with van der Waals surface area (Å²) in [6.07, 6.45) is 1.63. The van der Waals surface area contributed by atoms with Gasteiger partial charge >= 0.3 is 0 Å². The number of aromatic nitrogens is 1. The monoisotopic (exact) mass is 873 g/mol. The molecule has 20 heteroatoms. The molecule has 4 N–H and O–H groups in total. The number of hydrogen-bond acceptors (Lipinski definition) is 15. The van der Waals surface area contributed by atoms with Gasteiger partial charge < -0.3 is 30.1 Å². The second kappa shape index (κ2) is 16.4. The minimum atomic E-state index is -4.71. The van der Waals surface area contributed by atoms with E-state index in [2.05, 4.69) is 33.7 Å². The van der Waals surface area contributed by atoms with Crippen LogP contribution in [0.2, 0.25) is 0 Å². The third-order valence-corrected chi connectivity index (χ3v) is 12.0. The Morgan fingerprint density at radius 2 is 1.74 bits per heavy atom. The molecule has 61 heavy (non-hydrogen) atoms. The predicted octanol–water partition coefficient (Wildman–Crippen LogP) is 7.54. The molecule has 5 aromatic rings. The Balaban J connectivity index is 1.07. The highest BCUT2D eigenvalue weighted by atomic mass is 32.2. The number of carbonyl (C=O) groups is 2. The number of fused-ring (bicyclic) bond motifs is 2. The van der Waals surface area contributed by atoms with Gasteiger partial charge in [-0.1, -0.05) is 29.4 Å². The third kappa shape index (κ3) is 9.02. The summed E-state index contributed by atoms with van der Waals surface area (Å²) >= 11 is 4.24. The number of hydrogen-bond donors (Lipinski definition) is 5. The molecule has 0 unspecified atom stereocenters. The van der Waals surface area contributed by atoms with E-state index in [9.17, 15) is 42.8 Å². The topological polar surface area (TPSA) is 249 Å². The molecule has 1 aliphatic heterocycles. The highest BCUT2D eigenvalue weighted by molar-refractivity contribution is 7.86. The SMILES string of the molecule is CC(C)(CCOC(C)(C)CNC(=O)[C@H]1CCCN(c2cc(Nc3ccc(S)cc3S(=O)(=O)O)c3c4c(onc24)-c2ccccc2C3=O)C1)Nc1ccc([N+](=O)[O-])cc1[N+](=O)[O-]. The van der Waals surface area contributed by atoms with E-state index >= 15 is 0 Å². The Morgan fingerprint density at radius 1 is 1.02 bits per heavy atom. The second-order valence-corrected chi connectivity index (χ2v) is 18.2. The van der Waals surface area contributed by atoms with Crippen molar-refractivity contribution in [1.29, 1.82) is 0 Å². The highest BCUT2D eigenvalue weighted by Gasteiger charge is 2.36. The van der Waals surface area contributed by atoms with Gasteiger partial charge in [0.1, 0.15) is 16.1 Å². The molecule has 320 valence electrons. The Bertz CT molecular complexity index is 2720. The quantitative estimate of drug-likeness (QED) is 0.0289. The first-order valence-corrected chi connectivity index (χ1v) is 21.2. The maximum absolute atomic E-state index is 14.2. The Morgan fingerprint density at radius 3 is 2.44 bits per heavy atom. The van der Waals surface area contributed by atoms with Gasteiger partial charge in [-0.2, -0.15) is 8.42 Å². The first-order chi connectivity index (χ1) is 28.7. The number of ether oxygens (including phenoxy) is 1. The van der Waals surface area contributed by atoms with E-state index in [0.717, 1.165) is 6.07 Å². The normalized spacial score (nSPS) is 15.3. The number of non-ortho nitro benzene ring substituents is 1. The lowest BCUT2D eigenvalue weighted by Gasteiger charge is -2.35. The van der Waals surface area contributed by atoms with Crippen molar-refractivity contribution in [2.45, 2.75) is 67.9 Å². The number of rotatable bonds is 15. The van der Waals surface area contributed by atoms with Gasteiger partial charge in [0.05, 0.1) is 55.4 Å². The van der Waals surface area contributed by atoms with Gasteiger partial charge in [0, 0.05) is 53.9 Å². The van der Waals surface area contributed by atoms with Crippen molar-refractivity contribution in [2.24, 2.45) is 5.92 Å². The number of ketones is 1. The molecule has 1 amide bonds. The molecule has 2 heterocycles. The van der Waals surface area contributed by atoms with Crippen LogP contribution in [0.3, 0.4) is 0 Å². The number of nitro benzene ring substituents is 2. The molecule has 0 radical (unpaired) electrons. The van der Waals surface area contributed by atoms with Crippen LogP contribution in [-0.2, 0) is 19.6 Å². The number of nitro groups is 2. The number of amides is 1. The highest BCUT2D eigenvalue weighted by Crippen LogP contribution is 2.47. The maximum Gasteiger partial charge on any atom is 0.299 e. The zero-order valence-corrected chi connectivity index (χ0v) is 35.3. The lowest BCUT2D eigenvalue weighted by atomic mass is 9.86. The molecule has 0 bridgehead atoms. The van der Waals surface area contributed by atoms with Crippen molar-refractivity contribution in [3.63, 3.8) is 0 Å². The van der Waals surface area contributed by atoms with Gasteiger partial charge in [0.2, 0.25) is 5.91 Å². The molecule has 2 aliphatic rings. The Hall–Kier alpha value is -6.09. The van der Waals surface area contributed by atoms with Crippen molar-refractivity contribution in [3.05, 3.63) is 98.1 Å². The molecular formula is C41H43N7O11S2. The van der Waals surface area contributed by atoms with Gasteiger partial charge in [0.25, 0.3) is 21.5 Å². The molecule has 1 aromatic heterocycles. The zero-order chi connectivity index (χ0) is 44.0. The second-order valence-electron chi connectivity index (χ2n) is 16.3. The average molecular weight is 874 g/mol. The summed E-state index contributed by atoms with van der Waals surface area (Å²) in [5, 5.41) is 36.9. The minimum absolute atomic E-state index is 0.0144. The van der Waals surface area contributed by atoms with Crippen LogP contribution in [0.25, 0.3) is 22.2 Å². The predicted molar refractivity (Wildman–Crippen MR) is 230 cm³/mol. The molecule has 7 rings (SSSR count). The van der Waals surface area contributed by atoms with E-state index < -0.39 is 47.6 Å². The first-order valence-electron chi connectivity index (χ1n) is 19.3. The fraction of sp³-hybridized carbons (Fsp3) is 0.341. The van der Waals surface area contributed by atoms with Crippen molar-refractivity contribution < 1.29 is 41.7 Å². The summed E-state index contributed by atoms with van der Waals surface area (Å²) in [6, 6.07) is 16.2. The number of carbonyl (C=O) groups excluding carboxylic acids is 2. The van der Waals surface area contributed by atoms with Crippen molar-refractivity contribution >= 4 is 79.5 Å². The number of benzene rings is 4. The van der Waals surface area contributed by atoms with E-state index in [1.807, 2.05) is 32.6 Å². The summed E-state index contributed by atoms with van der Waals surface area (Å²) in [4.78, 5) is 51.2. The van der Waals surface area contributed by atoms with E-state index in [1.54, 1.807) is 36.4 Å². The molecule has 1 atom stereocenters. The van der Waals surface area contributed by atoms with E-state index in [0.29, 0.717) is 64.2 Å². The van der Waals surface area contributed by atoms with Crippen LogP contribution in [0.1, 0.15) is 62.9 Å². The fourth-order valence-corrected chi connectivity index (χ4v) is 8.62. The van der Waals surface area contributed by atoms with Gasteiger partial charge in [0.15, 0.2) is 11.5 Å². The summed E-state index contributed by atoms with van der Waals surface area (Å²) in [6.45, 7) is 8.53. The summed E-state index contributed by atoms with van der Waals surface area (Å²) < 4.78 is 47.1. The lowest BCUT2D eigenvalue weighted by molar-refractivity contribution is -0.393. The van der Waals surface area contributed by atoms with Gasteiger partial charge in [-0.3, -0.25) is 34.4 Å². The summed E-state index contributed by atoms with van der Waals surface area (Å²) in [5.74, 6) is -0.618. The zero-order valence-electron chi connectivity index (χ0n) is 33.6. The molecule has 0 saturated carbocycles. The van der Waals surface area contributed by atoms with Gasteiger partial charge in [-0.15, -0.1) is 12.6 Å². The summed E-state index contributed by atoms with van der Waals surface area (Å²) in [7, 11) is -4.71. The standard InChI is InChI=1S/C41H43N7O11S2/c1-40(2,44-28-13-11-24(47(51)52)18-31(28)48(53)54)15-17-58-41(3,4)22-42-39(50)23-8-7-16-46(21-23)32-20-30(43-29-14-12-25(60)19-33(29)61(55,56)57)34-35-36(32)45-59-38(35)27-10-6-5-9-26(27)37(34)49/h5-6,9-14,18-20,23,43-44,60H,7-8,15-17,21-22H2,1-4H3,(H,42,50)(H,55,56,57)/t23-/m0/s1. The number of piperidine rings is 1. The molecule has 1 saturated heterocycles. The Labute approximate surface area is 355 Å². The lowest BCUT2D eigenvalue weighted by Crippen LogP contribution is -2.47. The number of thiol groups is 1. The van der Waals surface area contributed by atoms with Crippen molar-refractivity contribution in [1.82, 2.24) is 10.5 Å². The van der Waals surface area contributed by atoms with Crippen molar-refractivity contribution in [3.8, 4) is 11.3 Å². The van der Waals surface area contributed by atoms with Crippen LogP contribution < -0.4 is 20.9 Å². The Kier molecular flexibility index (Phi) is 11.6. The van der Waals surface area contributed by atoms with Crippen LogP contribution >= 0.6 is 12.6 Å². The molecule has 0 spiro atoms. The smallest absolute Gasteiger partial charge is 0.299 e. The van der Waals surface area contributed by atoms with Crippen LogP contribution in [0.4, 0.5) is 34.1 Å². The van der Waals surface area contributed by atoms with E-state index in [-0.39, 0.29) is 59.7 Å². The largest absolute Gasteiger partial charge is 0.375 e. The van der Waals surface area contributed by atoms with Crippen LogP contribution in [-0.4, -0.2) is 77.0 Å². The van der Waals surface area contributed by atoms with Gasteiger partial charge in [-0.05, 0) is 77.3 Å². The minimum Gasteiger partial charge on any atom is -0.375 e. The number of nitrogens with zero attached hydrogens (tertiary/aromatic N) is 4. The van der Waals surface area contributed by atoms with E-state index in [4.69, 9.17) is 9.26 Å². The molecule has 18 nitrogen and oxygen atoms in total. The van der Waals surface area contributed by atoms with Crippen LogP contribution in [0, 0.1) is 26.1 Å². The number of anilines is 4. The molecule has 1 aliphatic carbocycles. The molecule has 1 fully saturated rings. The van der Waals surface area contributed by atoms with E-state index in [1.165, 1.54) is 24.3 Å². The average Bonchev–Trinajstić information content (AvgIpc) is 3.64.